The molecule has 0 amide bonds. The van der Waals surface area contributed by atoms with Gasteiger partial charge in [0.2, 0.25) is 5.88 Å². The van der Waals surface area contributed by atoms with Gasteiger partial charge < -0.3 is 19.6 Å². The number of rotatable bonds is 2. The van der Waals surface area contributed by atoms with Crippen molar-refractivity contribution in [1.29, 1.82) is 0 Å². The van der Waals surface area contributed by atoms with Crippen molar-refractivity contribution in [3.63, 3.8) is 0 Å². The normalized spacial score (nSPS) is 16.2. The summed E-state index contributed by atoms with van der Waals surface area (Å²) in [4.78, 5) is 25.3. The van der Waals surface area contributed by atoms with Gasteiger partial charge in [0, 0.05) is 0 Å². The van der Waals surface area contributed by atoms with Crippen molar-refractivity contribution >= 4 is 16.9 Å². The second kappa shape index (κ2) is 6.94. The molecule has 1 aromatic heterocycles. The van der Waals surface area contributed by atoms with Crippen LogP contribution in [-0.4, -0.2) is 13.1 Å². The Hall–Kier alpha value is -3.75. The molecule has 0 saturated heterocycles. The van der Waals surface area contributed by atoms with Crippen LogP contribution in [0.5, 0.6) is 5.75 Å². The number of hydrogen-bond donors (Lipinski definition) is 1. The summed E-state index contributed by atoms with van der Waals surface area (Å²) < 4.78 is 55.5. The van der Waals surface area contributed by atoms with Gasteiger partial charge in [-0.1, -0.05) is 30.3 Å². The molecule has 1 aliphatic heterocycles. The average Bonchev–Trinajstić information content (AvgIpc) is 2.72. The first kappa shape index (κ1) is 19.6. The van der Waals surface area contributed by atoms with E-state index in [1.54, 1.807) is 18.2 Å². The summed E-state index contributed by atoms with van der Waals surface area (Å²) >= 11 is 0. The zero-order valence-electron chi connectivity index (χ0n) is 15.4. The van der Waals surface area contributed by atoms with Gasteiger partial charge in [0.1, 0.15) is 11.2 Å². The van der Waals surface area contributed by atoms with Crippen LogP contribution in [0.4, 0.5) is 13.2 Å². The number of benzene rings is 2. The predicted octanol–water partition coefficient (Wildman–Crippen LogP) is 3.68. The molecule has 0 spiro atoms. The van der Waals surface area contributed by atoms with Gasteiger partial charge in [-0.15, -0.1) is 0 Å². The Kier molecular flexibility index (Phi) is 4.53. The molecule has 3 aromatic rings. The summed E-state index contributed by atoms with van der Waals surface area (Å²) in [6, 6.07) is 10.7. The average molecular weight is 417 g/mol. The number of fused-ring (bicyclic) bond motifs is 3. The van der Waals surface area contributed by atoms with Gasteiger partial charge in [0.05, 0.1) is 29.5 Å². The molecule has 1 aliphatic rings. The van der Waals surface area contributed by atoms with E-state index in [0.29, 0.717) is 5.39 Å². The number of methoxy groups -OCH3 is 1. The molecular weight excluding hydrogens is 403 g/mol. The fraction of sp³-hybridized carbons (Fsp3) is 0.143. The van der Waals surface area contributed by atoms with E-state index in [4.69, 9.17) is 19.6 Å². The van der Waals surface area contributed by atoms with Crippen LogP contribution in [-0.2, 0) is 15.7 Å². The SMILES string of the molecule is COC(=O)C1=C(N)Oc2c(c(=O)oc3ccccc23)[C@@H]1c1cccc(C(F)(F)F)c1. The van der Waals surface area contributed by atoms with Crippen molar-refractivity contribution in [2.75, 3.05) is 7.11 Å². The molecule has 0 aliphatic carbocycles. The van der Waals surface area contributed by atoms with E-state index >= 15 is 0 Å². The number of nitrogens with two attached hydrogens (primary N) is 1. The van der Waals surface area contributed by atoms with Crippen LogP contribution in [0.15, 0.2) is 69.2 Å². The fourth-order valence-corrected chi connectivity index (χ4v) is 3.50. The van der Waals surface area contributed by atoms with Crippen molar-refractivity contribution in [3.8, 4) is 5.75 Å². The van der Waals surface area contributed by atoms with Crippen molar-refractivity contribution in [3.05, 3.63) is 87.1 Å². The molecule has 154 valence electrons. The molecule has 2 aromatic carbocycles. The van der Waals surface area contributed by atoms with E-state index in [1.165, 1.54) is 18.2 Å². The lowest BCUT2D eigenvalue weighted by molar-refractivity contribution is -0.137. The topological polar surface area (TPSA) is 91.8 Å². The number of hydrogen-bond acceptors (Lipinski definition) is 6. The quantitative estimate of drug-likeness (QED) is 0.505. The van der Waals surface area contributed by atoms with E-state index in [1.807, 2.05) is 0 Å². The molecular formula is C21H14F3NO5. The van der Waals surface area contributed by atoms with Crippen LogP contribution in [0, 0.1) is 0 Å². The minimum absolute atomic E-state index is 0.0142. The first-order valence-electron chi connectivity index (χ1n) is 8.71. The van der Waals surface area contributed by atoms with Crippen LogP contribution in [0.2, 0.25) is 0 Å². The Balaban J connectivity index is 2.06. The van der Waals surface area contributed by atoms with Crippen LogP contribution in [0.1, 0.15) is 22.6 Å². The van der Waals surface area contributed by atoms with Crippen LogP contribution >= 0.6 is 0 Å². The second-order valence-electron chi connectivity index (χ2n) is 6.56. The zero-order chi connectivity index (χ0) is 21.6. The van der Waals surface area contributed by atoms with Crippen LogP contribution in [0.25, 0.3) is 11.0 Å². The monoisotopic (exact) mass is 417 g/mol. The first-order valence-corrected chi connectivity index (χ1v) is 8.71. The Morgan fingerprint density at radius 3 is 2.57 bits per heavy atom. The molecule has 0 bridgehead atoms. The molecule has 2 N–H and O–H groups in total. The Bertz CT molecular complexity index is 1260. The smallest absolute Gasteiger partial charge is 0.416 e. The van der Waals surface area contributed by atoms with Gasteiger partial charge in [0.15, 0.2) is 5.75 Å². The number of para-hydroxylation sites is 1. The van der Waals surface area contributed by atoms with Gasteiger partial charge in [-0.3, -0.25) is 0 Å². The lowest BCUT2D eigenvalue weighted by Crippen LogP contribution is -2.30. The zero-order valence-corrected chi connectivity index (χ0v) is 15.4. The Labute approximate surface area is 167 Å². The van der Waals surface area contributed by atoms with Crippen molar-refractivity contribution < 1.29 is 31.9 Å². The molecule has 1 atom stereocenters. The molecule has 30 heavy (non-hydrogen) atoms. The van der Waals surface area contributed by atoms with Gasteiger partial charge in [-0.25, -0.2) is 9.59 Å². The van der Waals surface area contributed by atoms with E-state index < -0.39 is 29.3 Å². The van der Waals surface area contributed by atoms with Crippen LogP contribution in [0.3, 0.4) is 0 Å². The highest BCUT2D eigenvalue weighted by atomic mass is 19.4. The molecule has 4 rings (SSSR count). The number of ether oxygens (including phenoxy) is 2. The van der Waals surface area contributed by atoms with E-state index in [9.17, 15) is 22.8 Å². The Morgan fingerprint density at radius 1 is 1.13 bits per heavy atom. The maximum atomic E-state index is 13.3. The number of carbonyl (C=O) groups excluding carboxylic acids is 1. The summed E-state index contributed by atoms with van der Waals surface area (Å²) in [6.45, 7) is 0. The maximum Gasteiger partial charge on any atom is 0.416 e. The second-order valence-corrected chi connectivity index (χ2v) is 6.56. The van der Waals surface area contributed by atoms with Gasteiger partial charge in [0.25, 0.3) is 0 Å². The van der Waals surface area contributed by atoms with Gasteiger partial charge in [-0.2, -0.15) is 13.2 Å². The molecule has 0 unspecified atom stereocenters. The molecule has 6 nitrogen and oxygen atoms in total. The number of halogens is 3. The number of carbonyl (C=O) groups is 1. The third kappa shape index (κ3) is 3.08. The summed E-state index contributed by atoms with van der Waals surface area (Å²) in [5, 5.41) is 0.385. The highest BCUT2D eigenvalue weighted by Gasteiger charge is 2.40. The third-order valence-corrected chi connectivity index (χ3v) is 4.81. The fourth-order valence-electron chi connectivity index (χ4n) is 3.50. The third-order valence-electron chi connectivity index (χ3n) is 4.81. The van der Waals surface area contributed by atoms with Gasteiger partial charge >= 0.3 is 17.8 Å². The molecule has 2 heterocycles. The molecule has 9 heteroatoms. The van der Waals surface area contributed by atoms with Crippen molar-refractivity contribution in [2.24, 2.45) is 5.73 Å². The lowest BCUT2D eigenvalue weighted by Gasteiger charge is -2.28. The highest BCUT2D eigenvalue weighted by molar-refractivity contribution is 5.94. The molecule has 0 fully saturated rings. The summed E-state index contributed by atoms with van der Waals surface area (Å²) in [5.41, 5.74) is 3.96. The standard InChI is InChI=1S/C21H14F3NO5/c1-28-19(26)16-14(10-5-4-6-11(9-10)21(22,23)24)15-17(30-18(16)25)12-7-2-3-8-13(12)29-20(15)27/h2-9,14H,25H2,1H3/t14-/m0/s1. The highest BCUT2D eigenvalue weighted by Crippen LogP contribution is 2.44. The summed E-state index contributed by atoms with van der Waals surface area (Å²) in [7, 11) is 1.09. The van der Waals surface area contributed by atoms with Crippen molar-refractivity contribution in [1.82, 2.24) is 0 Å². The summed E-state index contributed by atoms with van der Waals surface area (Å²) in [5.74, 6) is -2.56. The minimum atomic E-state index is -4.63. The molecule has 0 radical (unpaired) electrons. The van der Waals surface area contributed by atoms with Gasteiger partial charge in [-0.05, 0) is 23.8 Å². The number of esters is 1. The minimum Gasteiger partial charge on any atom is -0.465 e. The molecule has 0 saturated carbocycles. The lowest BCUT2D eigenvalue weighted by atomic mass is 9.82. The van der Waals surface area contributed by atoms with Crippen LogP contribution < -0.4 is 16.1 Å². The van der Waals surface area contributed by atoms with E-state index in [2.05, 4.69) is 0 Å². The van der Waals surface area contributed by atoms with Crippen molar-refractivity contribution in [2.45, 2.75) is 12.1 Å². The van der Waals surface area contributed by atoms with E-state index in [-0.39, 0.29) is 33.9 Å². The first-order chi connectivity index (χ1) is 14.2. The maximum absolute atomic E-state index is 13.3. The number of alkyl halides is 3. The Morgan fingerprint density at radius 2 is 1.87 bits per heavy atom. The largest absolute Gasteiger partial charge is 0.465 e. The predicted molar refractivity (Wildman–Crippen MR) is 99.6 cm³/mol. The van der Waals surface area contributed by atoms with E-state index in [0.717, 1.165) is 19.2 Å². The summed E-state index contributed by atoms with van der Waals surface area (Å²) in [6.07, 6.45) is -4.63.